The zero-order valence-corrected chi connectivity index (χ0v) is 21.3. The lowest BCUT2D eigenvalue weighted by Gasteiger charge is -2.32. The van der Waals surface area contributed by atoms with Crippen molar-refractivity contribution in [2.24, 2.45) is 5.92 Å². The van der Waals surface area contributed by atoms with E-state index in [2.05, 4.69) is 75.0 Å². The molecular formula is C31H33N5O. The number of pyridine rings is 1. The molecule has 1 saturated heterocycles. The van der Waals surface area contributed by atoms with E-state index in [1.165, 1.54) is 43.5 Å². The van der Waals surface area contributed by atoms with Crippen LogP contribution in [0, 0.1) is 5.92 Å². The second kappa shape index (κ2) is 10.6. The molecule has 6 rings (SSSR count). The number of nitrogens with one attached hydrogen (secondary N) is 2. The molecule has 3 heterocycles. The highest BCUT2D eigenvalue weighted by atomic mass is 16.5. The molecule has 188 valence electrons. The first kappa shape index (κ1) is 23.5. The predicted octanol–water partition coefficient (Wildman–Crippen LogP) is 6.36. The zero-order chi connectivity index (χ0) is 25.0. The molecule has 0 radical (unpaired) electrons. The molecule has 37 heavy (non-hydrogen) atoms. The van der Waals surface area contributed by atoms with Gasteiger partial charge < -0.3 is 15.0 Å². The van der Waals surface area contributed by atoms with Gasteiger partial charge in [-0.2, -0.15) is 5.10 Å². The van der Waals surface area contributed by atoms with Crippen LogP contribution < -0.4 is 10.1 Å². The van der Waals surface area contributed by atoms with E-state index < -0.39 is 0 Å². The van der Waals surface area contributed by atoms with Crippen molar-refractivity contribution in [1.29, 1.82) is 0 Å². The fourth-order valence-electron chi connectivity index (χ4n) is 5.43. The number of anilines is 2. The number of H-pyrrole nitrogens is 1. The third-order valence-electron chi connectivity index (χ3n) is 7.60. The van der Waals surface area contributed by atoms with Crippen LogP contribution in [0.25, 0.3) is 21.8 Å². The minimum absolute atomic E-state index is 0.750. The van der Waals surface area contributed by atoms with Crippen molar-refractivity contribution in [3.63, 3.8) is 0 Å². The Labute approximate surface area is 217 Å². The summed E-state index contributed by atoms with van der Waals surface area (Å²) in [5.41, 5.74) is 5.57. The molecule has 2 aromatic heterocycles. The Kier molecular flexibility index (Phi) is 6.74. The Morgan fingerprint density at radius 2 is 1.76 bits per heavy atom. The molecule has 0 saturated carbocycles. The van der Waals surface area contributed by atoms with Crippen molar-refractivity contribution in [1.82, 2.24) is 20.1 Å². The summed E-state index contributed by atoms with van der Waals surface area (Å²) in [7, 11) is 1.68. The van der Waals surface area contributed by atoms with Crippen LogP contribution in [0.2, 0.25) is 0 Å². The van der Waals surface area contributed by atoms with E-state index in [1.54, 1.807) is 7.11 Å². The first-order valence-electron chi connectivity index (χ1n) is 13.2. The van der Waals surface area contributed by atoms with Gasteiger partial charge in [0.2, 0.25) is 0 Å². The Morgan fingerprint density at radius 1 is 0.946 bits per heavy atom. The standard InChI is InChI=1S/C31H33N5O/c1-37-26-11-12-29-27(20-26)28-21-32-35-30(28)31(34-29)33-25-9-7-22(8-10-25)13-16-36-17-14-24(15-18-36)19-23-5-3-2-4-6-23/h2-12,20-21,24H,13-19H2,1H3,(H,32,35)(H,33,34). The van der Waals surface area contributed by atoms with Crippen molar-refractivity contribution >= 4 is 33.3 Å². The van der Waals surface area contributed by atoms with Gasteiger partial charge in [0, 0.05) is 29.2 Å². The molecule has 0 aliphatic carbocycles. The molecule has 2 N–H and O–H groups in total. The monoisotopic (exact) mass is 491 g/mol. The zero-order valence-electron chi connectivity index (χ0n) is 21.3. The molecule has 1 fully saturated rings. The second-order valence-corrected chi connectivity index (χ2v) is 10.0. The van der Waals surface area contributed by atoms with Gasteiger partial charge in [-0.05, 0) is 86.1 Å². The molecule has 5 aromatic rings. The molecule has 0 amide bonds. The highest BCUT2D eigenvalue weighted by Gasteiger charge is 2.19. The van der Waals surface area contributed by atoms with Gasteiger partial charge in [-0.15, -0.1) is 0 Å². The number of fused-ring (bicyclic) bond motifs is 3. The van der Waals surface area contributed by atoms with Crippen molar-refractivity contribution in [2.45, 2.75) is 25.7 Å². The third-order valence-corrected chi connectivity index (χ3v) is 7.60. The number of rotatable bonds is 8. The Morgan fingerprint density at radius 3 is 2.54 bits per heavy atom. The topological polar surface area (TPSA) is 66.1 Å². The second-order valence-electron chi connectivity index (χ2n) is 10.0. The van der Waals surface area contributed by atoms with Gasteiger partial charge in [-0.25, -0.2) is 4.98 Å². The molecule has 6 heteroatoms. The summed E-state index contributed by atoms with van der Waals surface area (Å²) < 4.78 is 5.39. The number of methoxy groups -OCH3 is 1. The summed E-state index contributed by atoms with van der Waals surface area (Å²) in [5, 5.41) is 13.0. The summed E-state index contributed by atoms with van der Waals surface area (Å²) >= 11 is 0. The molecule has 1 aliphatic rings. The number of benzene rings is 3. The maximum Gasteiger partial charge on any atom is 0.159 e. The lowest BCUT2D eigenvalue weighted by Crippen LogP contribution is -2.35. The summed E-state index contributed by atoms with van der Waals surface area (Å²) in [6, 6.07) is 25.6. The van der Waals surface area contributed by atoms with Crippen molar-refractivity contribution in [2.75, 3.05) is 32.1 Å². The average Bonchev–Trinajstić information content (AvgIpc) is 3.45. The summed E-state index contributed by atoms with van der Waals surface area (Å²) in [6.45, 7) is 3.53. The fraction of sp³-hybridized carbons (Fsp3) is 0.290. The van der Waals surface area contributed by atoms with Crippen molar-refractivity contribution < 1.29 is 4.74 Å². The number of aromatic nitrogens is 3. The Hall–Kier alpha value is -3.90. The van der Waals surface area contributed by atoms with E-state index in [-0.39, 0.29) is 0 Å². The fourth-order valence-corrected chi connectivity index (χ4v) is 5.43. The molecule has 1 aliphatic heterocycles. The number of ether oxygens (including phenoxy) is 1. The van der Waals surface area contributed by atoms with Crippen LogP contribution in [0.1, 0.15) is 24.0 Å². The number of nitrogens with zero attached hydrogens (tertiary/aromatic N) is 3. The molecule has 0 unspecified atom stereocenters. The molecule has 6 nitrogen and oxygen atoms in total. The quantitative estimate of drug-likeness (QED) is 0.264. The molecule has 0 bridgehead atoms. The van der Waals surface area contributed by atoms with Gasteiger partial charge >= 0.3 is 0 Å². The number of aromatic amines is 1. The lowest BCUT2D eigenvalue weighted by atomic mass is 9.90. The predicted molar refractivity (Wildman–Crippen MR) is 151 cm³/mol. The van der Waals surface area contributed by atoms with Crippen LogP contribution in [0.15, 0.2) is 79.0 Å². The molecule has 0 atom stereocenters. The van der Waals surface area contributed by atoms with Gasteiger partial charge in [-0.1, -0.05) is 42.5 Å². The van der Waals surface area contributed by atoms with Crippen molar-refractivity contribution in [3.8, 4) is 5.75 Å². The maximum atomic E-state index is 5.39. The van der Waals surface area contributed by atoms with Gasteiger partial charge in [0.15, 0.2) is 5.82 Å². The first-order valence-corrected chi connectivity index (χ1v) is 13.2. The number of hydrogen-bond acceptors (Lipinski definition) is 5. The van der Waals surface area contributed by atoms with E-state index in [0.29, 0.717) is 0 Å². The third kappa shape index (κ3) is 5.30. The number of likely N-dealkylation sites (tertiary alicyclic amines) is 1. The van der Waals surface area contributed by atoms with Crippen molar-refractivity contribution in [3.05, 3.63) is 90.1 Å². The SMILES string of the molecule is COc1ccc2nc(Nc3ccc(CCN4CCC(Cc5ccccc5)CC4)cc3)c3n[nH]cc3c2c1. The van der Waals surface area contributed by atoms with E-state index in [1.807, 2.05) is 24.4 Å². The smallest absolute Gasteiger partial charge is 0.159 e. The van der Waals surface area contributed by atoms with Gasteiger partial charge in [0.25, 0.3) is 0 Å². The summed E-state index contributed by atoms with van der Waals surface area (Å²) in [4.78, 5) is 7.46. The largest absolute Gasteiger partial charge is 0.497 e. The Bertz CT molecular complexity index is 1470. The van der Waals surface area contributed by atoms with Crippen LogP contribution in [0.3, 0.4) is 0 Å². The number of hydrogen-bond donors (Lipinski definition) is 2. The Balaban J connectivity index is 1.06. The maximum absolute atomic E-state index is 5.39. The molecular weight excluding hydrogens is 458 g/mol. The van der Waals surface area contributed by atoms with Crippen LogP contribution >= 0.6 is 0 Å². The van der Waals surface area contributed by atoms with Gasteiger partial charge in [0.05, 0.1) is 12.6 Å². The average molecular weight is 492 g/mol. The van der Waals surface area contributed by atoms with Crippen LogP contribution in [0.4, 0.5) is 11.5 Å². The van der Waals surface area contributed by atoms with Crippen LogP contribution in [0.5, 0.6) is 5.75 Å². The van der Waals surface area contributed by atoms with Gasteiger partial charge in [-0.3, -0.25) is 5.10 Å². The van der Waals surface area contributed by atoms with E-state index >= 15 is 0 Å². The molecule has 0 spiro atoms. The van der Waals surface area contributed by atoms with E-state index in [0.717, 1.165) is 57.9 Å². The lowest BCUT2D eigenvalue weighted by molar-refractivity contribution is 0.186. The summed E-state index contributed by atoms with van der Waals surface area (Å²) in [5.74, 6) is 2.38. The molecule has 3 aromatic carbocycles. The highest BCUT2D eigenvalue weighted by molar-refractivity contribution is 6.09. The highest BCUT2D eigenvalue weighted by Crippen LogP contribution is 2.31. The minimum Gasteiger partial charge on any atom is -0.497 e. The van der Waals surface area contributed by atoms with E-state index in [9.17, 15) is 0 Å². The summed E-state index contributed by atoms with van der Waals surface area (Å²) in [6.07, 6.45) is 6.80. The normalized spacial score (nSPS) is 14.8. The number of piperidine rings is 1. The van der Waals surface area contributed by atoms with E-state index in [4.69, 9.17) is 9.72 Å². The van der Waals surface area contributed by atoms with Crippen LogP contribution in [-0.2, 0) is 12.8 Å². The van der Waals surface area contributed by atoms with Crippen LogP contribution in [-0.4, -0.2) is 46.8 Å². The van der Waals surface area contributed by atoms with Gasteiger partial charge in [0.1, 0.15) is 11.3 Å². The first-order chi connectivity index (χ1) is 18.2. The minimum atomic E-state index is 0.750.